The Labute approximate surface area is 172 Å². The van der Waals surface area contributed by atoms with Crippen molar-refractivity contribution in [1.29, 1.82) is 0 Å². The highest BCUT2D eigenvalue weighted by Crippen LogP contribution is 2.31. The fraction of sp³-hybridized carbons (Fsp3) is 0.158. The van der Waals surface area contributed by atoms with Crippen LogP contribution in [0.1, 0.15) is 10.8 Å². The van der Waals surface area contributed by atoms with Gasteiger partial charge in [-0.05, 0) is 53.4 Å². The van der Waals surface area contributed by atoms with Gasteiger partial charge in [-0.2, -0.15) is 0 Å². The molecule has 1 N–H and O–H groups in total. The van der Waals surface area contributed by atoms with E-state index < -0.39 is 37.5 Å². The van der Waals surface area contributed by atoms with Gasteiger partial charge in [-0.15, -0.1) is 11.3 Å². The second kappa shape index (κ2) is 8.62. The highest BCUT2D eigenvalue weighted by Gasteiger charge is 2.31. The molecule has 0 spiro atoms. The number of sulfone groups is 1. The molecule has 3 aromatic rings. The first kappa shape index (κ1) is 21.4. The van der Waals surface area contributed by atoms with Gasteiger partial charge in [0.15, 0.2) is 9.84 Å². The van der Waals surface area contributed by atoms with Crippen molar-refractivity contribution in [3.8, 4) is 5.75 Å². The first-order valence-corrected chi connectivity index (χ1v) is 12.3. The monoisotopic (exact) mass is 455 g/mol. The van der Waals surface area contributed by atoms with E-state index in [1.807, 2.05) is 0 Å². The summed E-state index contributed by atoms with van der Waals surface area (Å²) in [6.45, 7) is -0.403. The van der Waals surface area contributed by atoms with Crippen LogP contribution >= 0.6 is 11.3 Å². The lowest BCUT2D eigenvalue weighted by molar-refractivity contribution is 0.414. The average Bonchev–Trinajstić information content (AvgIpc) is 3.25. The molecule has 0 saturated carbocycles. The predicted octanol–water partition coefficient (Wildman–Crippen LogP) is 3.39. The molecule has 6 nitrogen and oxygen atoms in total. The summed E-state index contributed by atoms with van der Waals surface area (Å²) >= 11 is 1.04. The van der Waals surface area contributed by atoms with E-state index in [4.69, 9.17) is 4.74 Å². The van der Waals surface area contributed by atoms with Crippen LogP contribution in [0.25, 0.3) is 0 Å². The van der Waals surface area contributed by atoms with E-state index in [9.17, 15) is 21.2 Å². The van der Waals surface area contributed by atoms with E-state index in [-0.39, 0.29) is 14.7 Å². The van der Waals surface area contributed by atoms with E-state index in [1.165, 1.54) is 49.6 Å². The Hall–Kier alpha value is -2.27. The minimum absolute atomic E-state index is 0.0234. The number of hydrogen-bond donors (Lipinski definition) is 1. The number of rotatable bonds is 8. The molecule has 0 bridgehead atoms. The standard InChI is InChI=1S/C19H18FNO5S3/c1-26-16-8-10-17(11-9-16)29(24,25)21-13-18(14-4-6-15(20)7-5-14)28(22,23)19-3-2-12-27-19/h2-12,18,21H,13H2,1H3. The molecular weight excluding hydrogens is 437 g/mol. The van der Waals surface area contributed by atoms with Gasteiger partial charge in [0.1, 0.15) is 21.0 Å². The van der Waals surface area contributed by atoms with Crippen LogP contribution in [0.15, 0.2) is 75.1 Å². The lowest BCUT2D eigenvalue weighted by Crippen LogP contribution is -2.31. The van der Waals surface area contributed by atoms with E-state index in [0.717, 1.165) is 23.5 Å². The lowest BCUT2D eigenvalue weighted by atomic mass is 10.1. The molecule has 0 radical (unpaired) electrons. The Balaban J connectivity index is 1.91. The molecule has 0 aliphatic heterocycles. The van der Waals surface area contributed by atoms with Crippen molar-refractivity contribution in [3.05, 3.63) is 77.4 Å². The number of hydrogen-bond acceptors (Lipinski definition) is 6. The van der Waals surface area contributed by atoms with E-state index >= 15 is 0 Å². The number of nitrogens with one attached hydrogen (secondary N) is 1. The Bertz CT molecular complexity index is 1160. The lowest BCUT2D eigenvalue weighted by Gasteiger charge is -2.18. The SMILES string of the molecule is COc1ccc(S(=O)(=O)NCC(c2ccc(F)cc2)S(=O)(=O)c2cccs2)cc1. The Morgan fingerprint density at radius 3 is 2.21 bits per heavy atom. The zero-order chi connectivity index (χ0) is 21.1. The van der Waals surface area contributed by atoms with Crippen LogP contribution in [0.3, 0.4) is 0 Å². The van der Waals surface area contributed by atoms with Crippen molar-refractivity contribution in [3.63, 3.8) is 0 Å². The molecule has 3 rings (SSSR count). The maximum atomic E-state index is 13.3. The summed E-state index contributed by atoms with van der Waals surface area (Å²) in [6, 6.07) is 13.7. The fourth-order valence-electron chi connectivity index (χ4n) is 2.67. The average molecular weight is 456 g/mol. The molecule has 1 atom stereocenters. The molecule has 0 amide bonds. The van der Waals surface area contributed by atoms with Gasteiger partial charge in [0.2, 0.25) is 10.0 Å². The number of methoxy groups -OCH3 is 1. The van der Waals surface area contributed by atoms with Crippen molar-refractivity contribution in [1.82, 2.24) is 4.72 Å². The molecule has 0 fully saturated rings. The van der Waals surface area contributed by atoms with Gasteiger partial charge in [-0.25, -0.2) is 25.9 Å². The first-order valence-electron chi connectivity index (χ1n) is 8.40. The fourth-order valence-corrected chi connectivity index (χ4v) is 6.69. The largest absolute Gasteiger partial charge is 0.497 e. The molecular formula is C19H18FNO5S3. The maximum absolute atomic E-state index is 13.3. The zero-order valence-corrected chi connectivity index (χ0v) is 17.7. The number of halogens is 1. The van der Waals surface area contributed by atoms with Crippen LogP contribution in [0.5, 0.6) is 5.75 Å². The third kappa shape index (κ3) is 4.84. The number of thiophene rings is 1. The summed E-state index contributed by atoms with van der Waals surface area (Å²) in [7, 11) is -6.39. The number of ether oxygens (including phenoxy) is 1. The highest BCUT2D eigenvalue weighted by molar-refractivity contribution is 7.93. The van der Waals surface area contributed by atoms with Crippen molar-refractivity contribution in [2.24, 2.45) is 0 Å². The molecule has 29 heavy (non-hydrogen) atoms. The number of sulfonamides is 1. The van der Waals surface area contributed by atoms with Crippen LogP contribution in [0.2, 0.25) is 0 Å². The molecule has 0 aliphatic carbocycles. The Morgan fingerprint density at radius 1 is 1.00 bits per heavy atom. The smallest absolute Gasteiger partial charge is 0.240 e. The van der Waals surface area contributed by atoms with Crippen LogP contribution in [-0.4, -0.2) is 30.5 Å². The van der Waals surface area contributed by atoms with Gasteiger partial charge in [0.25, 0.3) is 0 Å². The van der Waals surface area contributed by atoms with Gasteiger partial charge in [-0.1, -0.05) is 18.2 Å². The molecule has 0 saturated heterocycles. The summed E-state index contributed by atoms with van der Waals surface area (Å²) in [5, 5.41) is 0.408. The van der Waals surface area contributed by atoms with E-state index in [1.54, 1.807) is 11.4 Å². The molecule has 1 unspecified atom stereocenters. The van der Waals surface area contributed by atoms with E-state index in [2.05, 4.69) is 4.72 Å². The highest BCUT2D eigenvalue weighted by atomic mass is 32.2. The van der Waals surface area contributed by atoms with Gasteiger partial charge < -0.3 is 4.74 Å². The summed E-state index contributed by atoms with van der Waals surface area (Å²) in [5.41, 5.74) is 0.289. The zero-order valence-electron chi connectivity index (χ0n) is 15.3. The summed E-state index contributed by atoms with van der Waals surface area (Å²) in [4.78, 5) is -0.0234. The Morgan fingerprint density at radius 2 is 1.66 bits per heavy atom. The molecule has 1 heterocycles. The number of benzene rings is 2. The minimum Gasteiger partial charge on any atom is -0.497 e. The molecule has 10 heteroatoms. The minimum atomic E-state index is -3.97. The van der Waals surface area contributed by atoms with Crippen LogP contribution in [0, 0.1) is 5.82 Å². The van der Waals surface area contributed by atoms with Crippen LogP contribution < -0.4 is 9.46 Å². The molecule has 1 aromatic heterocycles. The Kier molecular flexibility index (Phi) is 6.37. The quantitative estimate of drug-likeness (QED) is 0.562. The second-order valence-corrected chi connectivity index (χ2v) is 11.1. The second-order valence-electron chi connectivity index (χ2n) is 6.04. The topological polar surface area (TPSA) is 89.5 Å². The summed E-state index contributed by atoms with van der Waals surface area (Å²) < 4.78 is 72.2. The van der Waals surface area contributed by atoms with Gasteiger partial charge in [0.05, 0.1) is 12.0 Å². The van der Waals surface area contributed by atoms with Crippen molar-refractivity contribution in [2.45, 2.75) is 14.4 Å². The summed E-state index contributed by atoms with van der Waals surface area (Å²) in [6.07, 6.45) is 0. The molecule has 154 valence electrons. The van der Waals surface area contributed by atoms with Crippen LogP contribution in [-0.2, 0) is 19.9 Å². The summed E-state index contributed by atoms with van der Waals surface area (Å²) in [5.74, 6) is -0.0201. The van der Waals surface area contributed by atoms with Gasteiger partial charge in [0, 0.05) is 6.54 Å². The van der Waals surface area contributed by atoms with Crippen LogP contribution in [0.4, 0.5) is 4.39 Å². The van der Waals surface area contributed by atoms with Crippen molar-refractivity contribution < 1.29 is 26.0 Å². The predicted molar refractivity (Wildman–Crippen MR) is 109 cm³/mol. The molecule has 0 aliphatic rings. The van der Waals surface area contributed by atoms with Gasteiger partial charge >= 0.3 is 0 Å². The normalized spacial score (nSPS) is 13.2. The third-order valence-corrected chi connectivity index (χ3v) is 9.19. The van der Waals surface area contributed by atoms with Crippen molar-refractivity contribution >= 4 is 31.2 Å². The molecule has 2 aromatic carbocycles. The third-order valence-electron chi connectivity index (χ3n) is 4.22. The van der Waals surface area contributed by atoms with Gasteiger partial charge in [-0.3, -0.25) is 0 Å². The van der Waals surface area contributed by atoms with E-state index in [0.29, 0.717) is 5.75 Å². The first-order chi connectivity index (χ1) is 13.7. The maximum Gasteiger partial charge on any atom is 0.240 e. The van der Waals surface area contributed by atoms with Crippen molar-refractivity contribution in [2.75, 3.05) is 13.7 Å².